The molecule has 3 heteroatoms. The minimum Gasteiger partial charge on any atom is -0.492 e. The average Bonchev–Trinajstić information content (AvgIpc) is 2.44. The third-order valence-corrected chi connectivity index (χ3v) is 4.48. The van der Waals surface area contributed by atoms with Gasteiger partial charge in [0, 0.05) is 17.1 Å². The molecular weight excluding hydrogens is 302 g/mol. The Bertz CT molecular complexity index is 377. The van der Waals surface area contributed by atoms with Crippen molar-refractivity contribution in [3.63, 3.8) is 0 Å². The number of benzene rings is 1. The van der Waals surface area contributed by atoms with Crippen LogP contribution in [0.25, 0.3) is 0 Å². The van der Waals surface area contributed by atoms with Crippen LogP contribution in [-0.2, 0) is 0 Å². The van der Waals surface area contributed by atoms with Gasteiger partial charge in [-0.1, -0.05) is 41.3 Å². The monoisotopic (exact) mass is 325 g/mol. The Labute approximate surface area is 125 Å². The molecule has 1 fully saturated rings. The topological polar surface area (TPSA) is 21.3 Å². The molecule has 0 aromatic heterocycles. The summed E-state index contributed by atoms with van der Waals surface area (Å²) in [4.78, 5) is 0. The molecule has 1 aromatic carbocycles. The maximum absolute atomic E-state index is 5.73. The summed E-state index contributed by atoms with van der Waals surface area (Å²) in [6.07, 6.45) is 7.02. The zero-order valence-corrected chi connectivity index (χ0v) is 13.3. The molecule has 2 rings (SSSR count). The number of ether oxygens (including phenoxy) is 1. The molecule has 106 valence electrons. The van der Waals surface area contributed by atoms with E-state index in [-0.39, 0.29) is 0 Å². The van der Waals surface area contributed by atoms with Crippen LogP contribution in [0.4, 0.5) is 0 Å². The average molecular weight is 326 g/mol. The molecule has 0 aliphatic heterocycles. The van der Waals surface area contributed by atoms with Gasteiger partial charge in [-0.2, -0.15) is 0 Å². The van der Waals surface area contributed by atoms with Crippen molar-refractivity contribution in [2.75, 3.05) is 13.2 Å². The van der Waals surface area contributed by atoms with Crippen molar-refractivity contribution in [3.8, 4) is 5.75 Å². The first kappa shape index (κ1) is 14.9. The third-order valence-electron chi connectivity index (χ3n) is 3.99. The van der Waals surface area contributed by atoms with Crippen molar-refractivity contribution in [1.82, 2.24) is 5.32 Å². The normalized spacial score (nSPS) is 18.2. The Morgan fingerprint density at radius 2 is 2.11 bits per heavy atom. The standard InChI is InChI=1S/C16H24BrNO/c1-13(14-6-3-2-4-7-14)18-10-11-19-16-9-5-8-15(17)12-16/h5,8-9,12-14,18H,2-4,6-7,10-11H2,1H3/t13-/m1/s1. The highest BCUT2D eigenvalue weighted by molar-refractivity contribution is 9.10. The number of nitrogens with one attached hydrogen (secondary N) is 1. The van der Waals surface area contributed by atoms with Crippen LogP contribution in [0.15, 0.2) is 28.7 Å². The Kier molecular flexibility index (Phi) is 6.18. The Hall–Kier alpha value is -0.540. The van der Waals surface area contributed by atoms with E-state index in [4.69, 9.17) is 4.74 Å². The van der Waals surface area contributed by atoms with E-state index in [1.165, 1.54) is 32.1 Å². The maximum Gasteiger partial charge on any atom is 0.120 e. The van der Waals surface area contributed by atoms with Crippen molar-refractivity contribution in [1.29, 1.82) is 0 Å². The van der Waals surface area contributed by atoms with Crippen LogP contribution in [0.3, 0.4) is 0 Å². The molecule has 1 saturated carbocycles. The van der Waals surface area contributed by atoms with Gasteiger partial charge in [0.25, 0.3) is 0 Å². The summed E-state index contributed by atoms with van der Waals surface area (Å²) < 4.78 is 6.80. The minimum atomic E-state index is 0.617. The SMILES string of the molecule is C[C@@H](NCCOc1cccc(Br)c1)C1CCCCC1. The molecule has 0 saturated heterocycles. The fourth-order valence-electron chi connectivity index (χ4n) is 2.81. The van der Waals surface area contributed by atoms with Gasteiger partial charge < -0.3 is 10.1 Å². The highest BCUT2D eigenvalue weighted by Crippen LogP contribution is 2.26. The van der Waals surface area contributed by atoms with E-state index in [1.54, 1.807) is 0 Å². The van der Waals surface area contributed by atoms with Crippen molar-refractivity contribution < 1.29 is 4.74 Å². The summed E-state index contributed by atoms with van der Waals surface area (Å²) in [7, 11) is 0. The Morgan fingerprint density at radius 3 is 2.84 bits per heavy atom. The lowest BCUT2D eigenvalue weighted by Crippen LogP contribution is -2.37. The minimum absolute atomic E-state index is 0.617. The Morgan fingerprint density at radius 1 is 1.32 bits per heavy atom. The van der Waals surface area contributed by atoms with Crippen LogP contribution >= 0.6 is 15.9 Å². The second-order valence-corrected chi connectivity index (χ2v) is 6.36. The molecule has 0 radical (unpaired) electrons. The number of halogens is 1. The Balaban J connectivity index is 1.63. The molecule has 1 aromatic rings. The molecule has 19 heavy (non-hydrogen) atoms. The summed E-state index contributed by atoms with van der Waals surface area (Å²) in [5, 5.41) is 3.60. The van der Waals surface area contributed by atoms with Crippen LogP contribution in [0, 0.1) is 5.92 Å². The lowest BCUT2D eigenvalue weighted by Gasteiger charge is -2.28. The van der Waals surface area contributed by atoms with Gasteiger partial charge >= 0.3 is 0 Å². The second kappa shape index (κ2) is 7.91. The first-order valence-corrected chi connectivity index (χ1v) is 8.17. The predicted octanol–water partition coefficient (Wildman–Crippen LogP) is 4.39. The molecule has 2 nitrogen and oxygen atoms in total. The smallest absolute Gasteiger partial charge is 0.120 e. The predicted molar refractivity (Wildman–Crippen MR) is 83.7 cm³/mol. The number of hydrogen-bond acceptors (Lipinski definition) is 2. The van der Waals surface area contributed by atoms with Gasteiger partial charge in [0.15, 0.2) is 0 Å². The number of rotatable bonds is 6. The first-order valence-electron chi connectivity index (χ1n) is 7.37. The van der Waals surface area contributed by atoms with Crippen molar-refractivity contribution in [3.05, 3.63) is 28.7 Å². The molecule has 0 bridgehead atoms. The van der Waals surface area contributed by atoms with Gasteiger partial charge in [-0.05, 0) is 43.9 Å². The number of hydrogen-bond donors (Lipinski definition) is 1. The lowest BCUT2D eigenvalue weighted by molar-refractivity contribution is 0.256. The fraction of sp³-hybridized carbons (Fsp3) is 0.625. The van der Waals surface area contributed by atoms with Crippen LogP contribution in [0.1, 0.15) is 39.0 Å². The molecule has 0 spiro atoms. The molecule has 0 amide bonds. The van der Waals surface area contributed by atoms with Crippen molar-refractivity contribution >= 4 is 15.9 Å². The van der Waals surface area contributed by atoms with Gasteiger partial charge in [0.2, 0.25) is 0 Å². The summed E-state index contributed by atoms with van der Waals surface area (Å²) in [5.41, 5.74) is 0. The summed E-state index contributed by atoms with van der Waals surface area (Å²) in [5.74, 6) is 1.79. The van der Waals surface area contributed by atoms with E-state index in [2.05, 4.69) is 28.2 Å². The molecular formula is C16H24BrNO. The molecule has 0 heterocycles. The van der Waals surface area contributed by atoms with Gasteiger partial charge in [-0.15, -0.1) is 0 Å². The molecule has 1 N–H and O–H groups in total. The van der Waals surface area contributed by atoms with Gasteiger partial charge in [0.1, 0.15) is 12.4 Å². The summed E-state index contributed by atoms with van der Waals surface area (Å²) in [6.45, 7) is 3.97. The summed E-state index contributed by atoms with van der Waals surface area (Å²) >= 11 is 3.45. The zero-order valence-electron chi connectivity index (χ0n) is 11.7. The zero-order chi connectivity index (χ0) is 13.5. The van der Waals surface area contributed by atoms with Gasteiger partial charge in [0.05, 0.1) is 0 Å². The van der Waals surface area contributed by atoms with Crippen LogP contribution in [0.5, 0.6) is 5.75 Å². The first-order chi connectivity index (χ1) is 9.25. The van der Waals surface area contributed by atoms with Gasteiger partial charge in [-0.25, -0.2) is 0 Å². The van der Waals surface area contributed by atoms with E-state index < -0.39 is 0 Å². The molecule has 1 atom stereocenters. The van der Waals surface area contributed by atoms with Crippen molar-refractivity contribution in [2.45, 2.75) is 45.1 Å². The van der Waals surface area contributed by atoms with Crippen LogP contribution in [0.2, 0.25) is 0 Å². The molecule has 0 unspecified atom stereocenters. The summed E-state index contributed by atoms with van der Waals surface area (Å²) in [6, 6.07) is 8.62. The van der Waals surface area contributed by atoms with Gasteiger partial charge in [-0.3, -0.25) is 0 Å². The third kappa shape index (κ3) is 5.15. The highest BCUT2D eigenvalue weighted by atomic mass is 79.9. The van der Waals surface area contributed by atoms with E-state index in [1.807, 2.05) is 24.3 Å². The quantitative estimate of drug-likeness (QED) is 0.783. The second-order valence-electron chi connectivity index (χ2n) is 5.45. The lowest BCUT2D eigenvalue weighted by atomic mass is 9.84. The molecule has 1 aliphatic rings. The van der Waals surface area contributed by atoms with E-state index in [0.717, 1.165) is 29.3 Å². The highest BCUT2D eigenvalue weighted by Gasteiger charge is 2.19. The largest absolute Gasteiger partial charge is 0.492 e. The fourth-order valence-corrected chi connectivity index (χ4v) is 3.19. The van der Waals surface area contributed by atoms with Crippen molar-refractivity contribution in [2.24, 2.45) is 5.92 Å². The molecule has 1 aliphatic carbocycles. The van der Waals surface area contributed by atoms with Crippen LogP contribution < -0.4 is 10.1 Å². The van der Waals surface area contributed by atoms with E-state index in [9.17, 15) is 0 Å². The van der Waals surface area contributed by atoms with Crippen LogP contribution in [-0.4, -0.2) is 19.2 Å². The maximum atomic E-state index is 5.73. The van der Waals surface area contributed by atoms with E-state index >= 15 is 0 Å². The van der Waals surface area contributed by atoms with E-state index in [0.29, 0.717) is 6.04 Å².